The molecule has 3 rings (SSSR count). The van der Waals surface area contributed by atoms with E-state index in [0.717, 1.165) is 55.9 Å². The second-order valence-corrected chi connectivity index (χ2v) is 6.83. The lowest BCUT2D eigenvalue weighted by molar-refractivity contribution is -0.133. The fourth-order valence-corrected chi connectivity index (χ4v) is 3.20. The third-order valence-electron chi connectivity index (χ3n) is 4.32. The van der Waals surface area contributed by atoms with E-state index in [1.807, 2.05) is 17.0 Å². The summed E-state index contributed by atoms with van der Waals surface area (Å²) in [6.45, 7) is 2.47. The first-order chi connectivity index (χ1) is 10.1. The van der Waals surface area contributed by atoms with Crippen molar-refractivity contribution in [2.24, 2.45) is 5.92 Å². The van der Waals surface area contributed by atoms with Gasteiger partial charge in [-0.3, -0.25) is 4.79 Å². The third-order valence-corrected chi connectivity index (χ3v) is 4.93. The SMILES string of the molecule is O=C(C1CC1)N1CCC(NCc2cc(Cl)ccc2Cl)CC1. The Morgan fingerprint density at radius 3 is 2.57 bits per heavy atom. The molecule has 1 N–H and O–H groups in total. The van der Waals surface area contributed by atoms with Crippen molar-refractivity contribution in [1.82, 2.24) is 10.2 Å². The van der Waals surface area contributed by atoms with Crippen LogP contribution in [0.2, 0.25) is 10.0 Å². The largest absolute Gasteiger partial charge is 0.342 e. The first kappa shape index (κ1) is 15.1. The van der Waals surface area contributed by atoms with Crippen molar-refractivity contribution < 1.29 is 4.79 Å². The van der Waals surface area contributed by atoms with Gasteiger partial charge in [0.05, 0.1) is 0 Å². The first-order valence-corrected chi connectivity index (χ1v) is 8.35. The van der Waals surface area contributed by atoms with Crippen molar-refractivity contribution in [2.45, 2.75) is 38.3 Å². The van der Waals surface area contributed by atoms with Gasteiger partial charge in [-0.2, -0.15) is 0 Å². The van der Waals surface area contributed by atoms with Gasteiger partial charge < -0.3 is 10.2 Å². The highest BCUT2D eigenvalue weighted by Gasteiger charge is 2.34. The van der Waals surface area contributed by atoms with Crippen LogP contribution in [0.1, 0.15) is 31.2 Å². The highest BCUT2D eigenvalue weighted by Crippen LogP contribution is 2.32. The number of carbonyl (C=O) groups is 1. The molecule has 1 aliphatic carbocycles. The van der Waals surface area contributed by atoms with E-state index in [1.165, 1.54) is 0 Å². The monoisotopic (exact) mass is 326 g/mol. The Morgan fingerprint density at radius 2 is 1.90 bits per heavy atom. The summed E-state index contributed by atoms with van der Waals surface area (Å²) < 4.78 is 0. The zero-order valence-corrected chi connectivity index (χ0v) is 13.5. The summed E-state index contributed by atoms with van der Waals surface area (Å²) in [4.78, 5) is 14.0. The van der Waals surface area contributed by atoms with Crippen LogP contribution in [0.3, 0.4) is 0 Å². The molecule has 0 aromatic heterocycles. The topological polar surface area (TPSA) is 32.3 Å². The molecule has 0 spiro atoms. The lowest BCUT2D eigenvalue weighted by Gasteiger charge is -2.32. The molecule has 2 aliphatic rings. The minimum absolute atomic E-state index is 0.333. The quantitative estimate of drug-likeness (QED) is 0.918. The predicted molar refractivity (Wildman–Crippen MR) is 85.6 cm³/mol. The number of likely N-dealkylation sites (tertiary alicyclic amines) is 1. The summed E-state index contributed by atoms with van der Waals surface area (Å²) in [5, 5.41) is 4.98. The molecule has 1 aromatic carbocycles. The number of halogens is 2. The zero-order chi connectivity index (χ0) is 14.8. The number of nitrogens with one attached hydrogen (secondary N) is 1. The lowest BCUT2D eigenvalue weighted by Crippen LogP contribution is -2.45. The summed E-state index contributed by atoms with van der Waals surface area (Å²) in [7, 11) is 0. The van der Waals surface area contributed by atoms with Crippen molar-refractivity contribution in [2.75, 3.05) is 13.1 Å². The molecule has 21 heavy (non-hydrogen) atoms. The maximum Gasteiger partial charge on any atom is 0.225 e. The van der Waals surface area contributed by atoms with Crippen LogP contribution >= 0.6 is 23.2 Å². The molecule has 1 saturated heterocycles. The van der Waals surface area contributed by atoms with E-state index in [0.29, 0.717) is 22.9 Å². The number of piperidine rings is 1. The van der Waals surface area contributed by atoms with Crippen LogP contribution in [-0.4, -0.2) is 29.9 Å². The smallest absolute Gasteiger partial charge is 0.225 e. The molecule has 1 amide bonds. The van der Waals surface area contributed by atoms with Crippen LogP contribution in [0.4, 0.5) is 0 Å². The van der Waals surface area contributed by atoms with Gasteiger partial charge in [-0.05, 0) is 49.4 Å². The molecular formula is C16H20Cl2N2O. The van der Waals surface area contributed by atoms with Crippen molar-refractivity contribution in [3.05, 3.63) is 33.8 Å². The summed E-state index contributed by atoms with van der Waals surface area (Å²) in [5.74, 6) is 0.700. The van der Waals surface area contributed by atoms with E-state index < -0.39 is 0 Å². The van der Waals surface area contributed by atoms with E-state index in [2.05, 4.69) is 5.32 Å². The van der Waals surface area contributed by atoms with Crippen LogP contribution < -0.4 is 5.32 Å². The first-order valence-electron chi connectivity index (χ1n) is 7.59. The van der Waals surface area contributed by atoms with E-state index >= 15 is 0 Å². The van der Waals surface area contributed by atoms with E-state index in [1.54, 1.807) is 6.07 Å². The fraction of sp³-hybridized carbons (Fsp3) is 0.562. The van der Waals surface area contributed by atoms with Crippen molar-refractivity contribution in [3.8, 4) is 0 Å². The van der Waals surface area contributed by atoms with Crippen molar-refractivity contribution in [3.63, 3.8) is 0 Å². The molecule has 1 aliphatic heterocycles. The number of rotatable bonds is 4. The normalized spacial score (nSPS) is 19.8. The molecule has 1 aromatic rings. The van der Waals surface area contributed by atoms with Gasteiger partial charge in [0.1, 0.15) is 0 Å². The summed E-state index contributed by atoms with van der Waals surface area (Å²) in [5.41, 5.74) is 1.03. The lowest BCUT2D eigenvalue weighted by atomic mass is 10.0. The highest BCUT2D eigenvalue weighted by atomic mass is 35.5. The van der Waals surface area contributed by atoms with Crippen LogP contribution in [0, 0.1) is 5.92 Å². The second kappa shape index (κ2) is 6.55. The molecule has 1 saturated carbocycles. The van der Waals surface area contributed by atoms with Crippen LogP contribution in [-0.2, 0) is 11.3 Å². The Morgan fingerprint density at radius 1 is 1.19 bits per heavy atom. The summed E-state index contributed by atoms with van der Waals surface area (Å²) >= 11 is 12.2. The van der Waals surface area contributed by atoms with Gasteiger partial charge in [0.2, 0.25) is 5.91 Å². The Balaban J connectivity index is 1.47. The Labute approximate surface area is 135 Å². The molecule has 1 heterocycles. The Hall–Kier alpha value is -0.770. The van der Waals surface area contributed by atoms with Crippen LogP contribution in [0.25, 0.3) is 0 Å². The third kappa shape index (κ3) is 3.91. The Bertz CT molecular complexity index is 523. The zero-order valence-electron chi connectivity index (χ0n) is 11.9. The molecule has 114 valence electrons. The number of carbonyl (C=O) groups excluding carboxylic acids is 1. The fourth-order valence-electron chi connectivity index (χ4n) is 2.83. The molecular weight excluding hydrogens is 307 g/mol. The second-order valence-electron chi connectivity index (χ2n) is 5.99. The highest BCUT2D eigenvalue weighted by molar-refractivity contribution is 6.33. The molecule has 3 nitrogen and oxygen atoms in total. The minimum atomic E-state index is 0.333. The number of amides is 1. The number of hydrogen-bond acceptors (Lipinski definition) is 2. The van der Waals surface area contributed by atoms with Gasteiger partial charge >= 0.3 is 0 Å². The summed E-state index contributed by atoms with van der Waals surface area (Å²) in [6, 6.07) is 5.99. The maximum absolute atomic E-state index is 12.0. The summed E-state index contributed by atoms with van der Waals surface area (Å²) in [6.07, 6.45) is 4.20. The minimum Gasteiger partial charge on any atom is -0.342 e. The molecule has 0 unspecified atom stereocenters. The van der Waals surface area contributed by atoms with E-state index in [9.17, 15) is 4.79 Å². The molecule has 0 radical (unpaired) electrons. The van der Waals surface area contributed by atoms with E-state index in [-0.39, 0.29) is 0 Å². The van der Waals surface area contributed by atoms with Crippen LogP contribution in [0.15, 0.2) is 18.2 Å². The standard InChI is InChI=1S/C16H20Cl2N2O/c17-13-3-4-15(18)12(9-13)10-19-14-5-7-20(8-6-14)16(21)11-1-2-11/h3-4,9,11,14,19H,1-2,5-8,10H2. The average molecular weight is 327 g/mol. The van der Waals surface area contributed by atoms with Gasteiger partial charge in [-0.25, -0.2) is 0 Å². The maximum atomic E-state index is 12.0. The van der Waals surface area contributed by atoms with Gasteiger partial charge in [0.25, 0.3) is 0 Å². The number of nitrogens with zero attached hydrogens (tertiary/aromatic N) is 1. The number of hydrogen-bond donors (Lipinski definition) is 1. The number of benzene rings is 1. The molecule has 0 bridgehead atoms. The molecule has 2 fully saturated rings. The van der Waals surface area contributed by atoms with Crippen molar-refractivity contribution in [1.29, 1.82) is 0 Å². The predicted octanol–water partition coefficient (Wildman–Crippen LogP) is 3.48. The van der Waals surface area contributed by atoms with Gasteiger partial charge in [-0.1, -0.05) is 23.2 Å². The average Bonchev–Trinajstić information content (AvgIpc) is 3.33. The van der Waals surface area contributed by atoms with Gasteiger partial charge in [0.15, 0.2) is 0 Å². The molecule has 0 atom stereocenters. The van der Waals surface area contributed by atoms with Gasteiger partial charge in [-0.15, -0.1) is 0 Å². The van der Waals surface area contributed by atoms with Crippen LogP contribution in [0.5, 0.6) is 0 Å². The van der Waals surface area contributed by atoms with E-state index in [4.69, 9.17) is 23.2 Å². The Kier molecular flexibility index (Phi) is 4.72. The van der Waals surface area contributed by atoms with Gasteiger partial charge in [0, 0.05) is 41.6 Å². The van der Waals surface area contributed by atoms with Crippen molar-refractivity contribution >= 4 is 29.1 Å². The molecule has 5 heteroatoms.